The van der Waals surface area contributed by atoms with Crippen LogP contribution in [0.15, 0.2) is 18.2 Å². The third kappa shape index (κ3) is 3.19. The average Bonchev–Trinajstić information content (AvgIpc) is 2.17. The molecule has 0 radical (unpaired) electrons. The normalized spacial score (nSPS) is 8.93. The van der Waals surface area contributed by atoms with Crippen molar-refractivity contribution in [1.29, 1.82) is 0 Å². The molecule has 0 aliphatic heterocycles. The maximum absolute atomic E-state index is 11.5. The Balaban J connectivity index is 2.76. The van der Waals surface area contributed by atoms with Crippen molar-refractivity contribution < 1.29 is 9.90 Å². The number of halogens is 1. The summed E-state index contributed by atoms with van der Waals surface area (Å²) >= 11 is 5.63. The van der Waals surface area contributed by atoms with Crippen molar-refractivity contribution in [1.82, 2.24) is 5.32 Å². The molecule has 1 amide bonds. The molecule has 2 N–H and O–H groups in total. The highest BCUT2D eigenvalue weighted by Gasteiger charge is 2.09. The van der Waals surface area contributed by atoms with E-state index in [0.29, 0.717) is 5.02 Å². The minimum Gasteiger partial charge on any atom is -0.507 e. The van der Waals surface area contributed by atoms with Crippen LogP contribution in [-0.2, 0) is 0 Å². The summed E-state index contributed by atoms with van der Waals surface area (Å²) in [6.45, 7) is 1.95. The van der Waals surface area contributed by atoms with E-state index in [1.807, 2.05) is 0 Å². The Hall–Kier alpha value is -1.66. The van der Waals surface area contributed by atoms with Gasteiger partial charge in [0.2, 0.25) is 0 Å². The van der Waals surface area contributed by atoms with Gasteiger partial charge in [-0.25, -0.2) is 0 Å². The first-order valence-electron chi connectivity index (χ1n) is 4.31. The number of hydrogen-bond donors (Lipinski definition) is 2. The summed E-state index contributed by atoms with van der Waals surface area (Å²) in [4.78, 5) is 11.5. The Bertz CT molecular complexity index is 432. The van der Waals surface area contributed by atoms with Gasteiger partial charge in [0, 0.05) is 5.02 Å². The molecular formula is C11H10ClNO2. The van der Waals surface area contributed by atoms with Gasteiger partial charge in [0.1, 0.15) is 5.75 Å². The van der Waals surface area contributed by atoms with Crippen LogP contribution in [0.5, 0.6) is 5.75 Å². The Kier molecular flexibility index (Phi) is 4.02. The van der Waals surface area contributed by atoms with Gasteiger partial charge in [-0.1, -0.05) is 17.5 Å². The maximum Gasteiger partial charge on any atom is 0.255 e. The Labute approximate surface area is 93.1 Å². The van der Waals surface area contributed by atoms with Gasteiger partial charge in [0.15, 0.2) is 0 Å². The summed E-state index contributed by atoms with van der Waals surface area (Å²) in [6.07, 6.45) is 0. The highest BCUT2D eigenvalue weighted by atomic mass is 35.5. The van der Waals surface area contributed by atoms with Gasteiger partial charge in [-0.3, -0.25) is 4.79 Å². The summed E-state index contributed by atoms with van der Waals surface area (Å²) in [5.74, 6) is 4.84. The zero-order chi connectivity index (χ0) is 11.3. The number of carbonyl (C=O) groups excluding carboxylic acids is 1. The minimum absolute atomic E-state index is 0.135. The standard InChI is InChI=1S/C11H10ClNO2/c1-2-3-6-13-11(15)9-5-4-8(12)7-10(9)14/h4-5,7,14H,6H2,1H3,(H,13,15). The molecule has 1 aromatic carbocycles. The molecule has 4 heteroatoms. The van der Waals surface area contributed by atoms with Crippen LogP contribution in [0.3, 0.4) is 0 Å². The van der Waals surface area contributed by atoms with Gasteiger partial charge < -0.3 is 10.4 Å². The van der Waals surface area contributed by atoms with Crippen LogP contribution in [-0.4, -0.2) is 17.6 Å². The molecule has 3 nitrogen and oxygen atoms in total. The second-order valence-corrected chi connectivity index (χ2v) is 3.21. The monoisotopic (exact) mass is 223 g/mol. The van der Waals surface area contributed by atoms with Crippen LogP contribution >= 0.6 is 11.6 Å². The lowest BCUT2D eigenvalue weighted by Crippen LogP contribution is -2.23. The Morgan fingerprint density at radius 3 is 2.93 bits per heavy atom. The summed E-state index contributed by atoms with van der Waals surface area (Å²) in [5, 5.41) is 12.4. The predicted molar refractivity (Wildman–Crippen MR) is 58.9 cm³/mol. The van der Waals surface area contributed by atoms with E-state index in [2.05, 4.69) is 17.2 Å². The fourth-order valence-electron chi connectivity index (χ4n) is 1.00. The van der Waals surface area contributed by atoms with Crippen LogP contribution in [0.2, 0.25) is 5.02 Å². The van der Waals surface area contributed by atoms with E-state index >= 15 is 0 Å². The number of phenols is 1. The van der Waals surface area contributed by atoms with Gasteiger partial charge in [-0.05, 0) is 25.1 Å². The molecule has 1 rings (SSSR count). The molecule has 0 spiro atoms. The fourth-order valence-corrected chi connectivity index (χ4v) is 1.17. The van der Waals surface area contributed by atoms with E-state index in [1.165, 1.54) is 12.1 Å². The lowest BCUT2D eigenvalue weighted by atomic mass is 10.2. The fraction of sp³-hybridized carbons (Fsp3) is 0.182. The van der Waals surface area contributed by atoms with Crippen molar-refractivity contribution in [2.75, 3.05) is 6.54 Å². The van der Waals surface area contributed by atoms with Gasteiger partial charge in [0.05, 0.1) is 12.1 Å². The third-order valence-corrected chi connectivity index (χ3v) is 1.95. The van der Waals surface area contributed by atoms with Crippen molar-refractivity contribution in [2.45, 2.75) is 6.92 Å². The molecule has 0 fully saturated rings. The number of aromatic hydroxyl groups is 1. The minimum atomic E-state index is -0.369. The molecule has 0 unspecified atom stereocenters. The van der Waals surface area contributed by atoms with E-state index in [-0.39, 0.29) is 23.8 Å². The highest BCUT2D eigenvalue weighted by molar-refractivity contribution is 6.30. The lowest BCUT2D eigenvalue weighted by Gasteiger charge is -2.04. The van der Waals surface area contributed by atoms with Crippen LogP contribution in [0.4, 0.5) is 0 Å². The number of amides is 1. The van der Waals surface area contributed by atoms with Crippen molar-refractivity contribution in [2.24, 2.45) is 0 Å². The molecule has 15 heavy (non-hydrogen) atoms. The first kappa shape index (κ1) is 11.4. The summed E-state index contributed by atoms with van der Waals surface area (Å²) < 4.78 is 0. The third-order valence-electron chi connectivity index (χ3n) is 1.72. The largest absolute Gasteiger partial charge is 0.507 e. The van der Waals surface area contributed by atoms with Crippen molar-refractivity contribution in [3.05, 3.63) is 28.8 Å². The van der Waals surface area contributed by atoms with Crippen molar-refractivity contribution >= 4 is 17.5 Å². The van der Waals surface area contributed by atoms with E-state index in [4.69, 9.17) is 11.6 Å². The highest BCUT2D eigenvalue weighted by Crippen LogP contribution is 2.21. The van der Waals surface area contributed by atoms with E-state index in [1.54, 1.807) is 13.0 Å². The number of hydrogen-bond acceptors (Lipinski definition) is 2. The Morgan fingerprint density at radius 2 is 2.33 bits per heavy atom. The van der Waals surface area contributed by atoms with Gasteiger partial charge in [-0.2, -0.15) is 0 Å². The number of nitrogens with one attached hydrogen (secondary N) is 1. The molecular weight excluding hydrogens is 214 g/mol. The topological polar surface area (TPSA) is 49.3 Å². The number of rotatable bonds is 2. The number of benzene rings is 1. The van der Waals surface area contributed by atoms with Crippen molar-refractivity contribution in [3.8, 4) is 17.6 Å². The van der Waals surface area contributed by atoms with Gasteiger partial charge in [0.25, 0.3) is 5.91 Å². The van der Waals surface area contributed by atoms with Crippen LogP contribution in [0, 0.1) is 11.8 Å². The SMILES string of the molecule is CC#CCNC(=O)c1ccc(Cl)cc1O. The predicted octanol–water partition coefficient (Wildman–Crippen LogP) is 1.80. The second-order valence-electron chi connectivity index (χ2n) is 2.77. The van der Waals surface area contributed by atoms with E-state index in [0.717, 1.165) is 0 Å². The van der Waals surface area contributed by atoms with Gasteiger partial charge >= 0.3 is 0 Å². The van der Waals surface area contributed by atoms with Crippen LogP contribution in [0.1, 0.15) is 17.3 Å². The molecule has 0 bridgehead atoms. The summed E-state index contributed by atoms with van der Waals surface area (Å²) in [7, 11) is 0. The molecule has 0 saturated carbocycles. The average molecular weight is 224 g/mol. The molecule has 1 aromatic rings. The van der Waals surface area contributed by atoms with Gasteiger partial charge in [-0.15, -0.1) is 5.92 Å². The zero-order valence-corrected chi connectivity index (χ0v) is 8.93. The van der Waals surface area contributed by atoms with E-state index in [9.17, 15) is 9.90 Å². The number of carbonyl (C=O) groups is 1. The molecule has 0 saturated heterocycles. The molecule has 0 aromatic heterocycles. The quantitative estimate of drug-likeness (QED) is 0.752. The molecule has 0 aliphatic carbocycles. The molecule has 0 heterocycles. The van der Waals surface area contributed by atoms with E-state index < -0.39 is 0 Å². The van der Waals surface area contributed by atoms with Crippen LogP contribution < -0.4 is 5.32 Å². The van der Waals surface area contributed by atoms with Crippen molar-refractivity contribution in [3.63, 3.8) is 0 Å². The van der Waals surface area contributed by atoms with Crippen LogP contribution in [0.25, 0.3) is 0 Å². The molecule has 0 atom stereocenters. The smallest absolute Gasteiger partial charge is 0.255 e. The summed E-state index contributed by atoms with van der Waals surface area (Å²) in [6, 6.07) is 4.33. The first-order chi connectivity index (χ1) is 7.15. The molecule has 78 valence electrons. The Morgan fingerprint density at radius 1 is 1.60 bits per heavy atom. The molecule has 0 aliphatic rings. The summed E-state index contributed by atoms with van der Waals surface area (Å²) in [5.41, 5.74) is 0.192. The second kappa shape index (κ2) is 5.28. The zero-order valence-electron chi connectivity index (χ0n) is 8.17. The lowest BCUT2D eigenvalue weighted by molar-refractivity contribution is 0.0956. The maximum atomic E-state index is 11.5. The first-order valence-corrected chi connectivity index (χ1v) is 4.69. The number of phenolic OH excluding ortho intramolecular Hbond substituents is 1.